The molecule has 0 aliphatic heterocycles. The predicted molar refractivity (Wildman–Crippen MR) is 70.5 cm³/mol. The number of aromatic nitrogens is 2. The summed E-state index contributed by atoms with van der Waals surface area (Å²) in [5.41, 5.74) is 8.50. The van der Waals surface area contributed by atoms with Crippen molar-refractivity contribution in [2.45, 2.75) is 0 Å². The lowest BCUT2D eigenvalue weighted by Crippen LogP contribution is -1.94. The van der Waals surface area contributed by atoms with E-state index in [0.29, 0.717) is 17.1 Å². The van der Waals surface area contributed by atoms with E-state index in [1.807, 2.05) is 7.05 Å². The Labute approximate surface area is 108 Å². The second-order valence-corrected chi connectivity index (χ2v) is 4.37. The number of hydrogen-bond donors (Lipinski definition) is 1. The molecule has 0 fully saturated rings. The molecular formula is C14H11F2N3. The highest BCUT2D eigenvalue weighted by molar-refractivity contribution is 5.83. The Morgan fingerprint density at radius 2 is 1.84 bits per heavy atom. The minimum atomic E-state index is -0.885. The molecule has 0 atom stereocenters. The Morgan fingerprint density at radius 1 is 1.05 bits per heavy atom. The van der Waals surface area contributed by atoms with Gasteiger partial charge >= 0.3 is 0 Å². The van der Waals surface area contributed by atoms with Gasteiger partial charge in [-0.15, -0.1) is 0 Å². The van der Waals surface area contributed by atoms with Crippen LogP contribution in [0.3, 0.4) is 0 Å². The van der Waals surface area contributed by atoms with Crippen molar-refractivity contribution in [3.05, 3.63) is 48.0 Å². The van der Waals surface area contributed by atoms with Crippen molar-refractivity contribution >= 4 is 16.7 Å². The molecule has 0 radical (unpaired) electrons. The molecule has 0 saturated heterocycles. The van der Waals surface area contributed by atoms with E-state index in [9.17, 15) is 8.78 Å². The van der Waals surface area contributed by atoms with Gasteiger partial charge in [0.2, 0.25) is 0 Å². The maximum atomic E-state index is 13.3. The van der Waals surface area contributed by atoms with Gasteiger partial charge < -0.3 is 10.3 Å². The topological polar surface area (TPSA) is 43.8 Å². The Balaban J connectivity index is 2.24. The molecule has 0 saturated carbocycles. The van der Waals surface area contributed by atoms with Gasteiger partial charge in [0.25, 0.3) is 0 Å². The molecule has 0 aliphatic carbocycles. The van der Waals surface area contributed by atoms with Crippen LogP contribution in [0.25, 0.3) is 22.4 Å². The number of fused-ring (bicyclic) bond motifs is 1. The molecule has 0 amide bonds. The van der Waals surface area contributed by atoms with E-state index in [0.717, 1.165) is 23.2 Å². The van der Waals surface area contributed by atoms with E-state index in [2.05, 4.69) is 4.98 Å². The quantitative estimate of drug-likeness (QED) is 0.682. The SMILES string of the molecule is Cn1c(-c2ccc(F)c(F)c2)nc2ccc(N)cc21. The van der Waals surface area contributed by atoms with Gasteiger partial charge in [-0.1, -0.05) is 0 Å². The Hall–Kier alpha value is -2.43. The van der Waals surface area contributed by atoms with Crippen molar-refractivity contribution in [2.75, 3.05) is 5.73 Å². The number of benzene rings is 2. The highest BCUT2D eigenvalue weighted by Gasteiger charge is 2.12. The smallest absolute Gasteiger partial charge is 0.159 e. The third-order valence-corrected chi connectivity index (χ3v) is 3.08. The van der Waals surface area contributed by atoms with Gasteiger partial charge in [-0.3, -0.25) is 0 Å². The van der Waals surface area contributed by atoms with Gasteiger partial charge in [-0.2, -0.15) is 0 Å². The zero-order valence-corrected chi connectivity index (χ0v) is 10.2. The maximum Gasteiger partial charge on any atom is 0.159 e. The third kappa shape index (κ3) is 1.83. The molecule has 3 aromatic rings. The van der Waals surface area contributed by atoms with Crippen LogP contribution in [0, 0.1) is 11.6 Å². The van der Waals surface area contributed by atoms with E-state index >= 15 is 0 Å². The maximum absolute atomic E-state index is 13.3. The fraction of sp³-hybridized carbons (Fsp3) is 0.0714. The van der Waals surface area contributed by atoms with Crippen molar-refractivity contribution in [3.8, 4) is 11.4 Å². The lowest BCUT2D eigenvalue weighted by Gasteiger charge is -2.03. The monoisotopic (exact) mass is 259 g/mol. The summed E-state index contributed by atoms with van der Waals surface area (Å²) in [4.78, 5) is 4.41. The van der Waals surface area contributed by atoms with Crippen LogP contribution in [-0.2, 0) is 7.05 Å². The second kappa shape index (κ2) is 4.05. The first-order valence-corrected chi connectivity index (χ1v) is 5.73. The van der Waals surface area contributed by atoms with E-state index in [4.69, 9.17) is 5.73 Å². The van der Waals surface area contributed by atoms with Gasteiger partial charge in [-0.25, -0.2) is 13.8 Å². The zero-order valence-electron chi connectivity index (χ0n) is 10.2. The molecule has 96 valence electrons. The van der Waals surface area contributed by atoms with Gasteiger partial charge in [0.15, 0.2) is 11.6 Å². The van der Waals surface area contributed by atoms with E-state index in [-0.39, 0.29) is 0 Å². The molecular weight excluding hydrogens is 248 g/mol. The fourth-order valence-electron chi connectivity index (χ4n) is 2.10. The summed E-state index contributed by atoms with van der Waals surface area (Å²) in [6.45, 7) is 0. The predicted octanol–water partition coefficient (Wildman–Crippen LogP) is 3.10. The summed E-state index contributed by atoms with van der Waals surface area (Å²) in [5.74, 6) is -1.18. The summed E-state index contributed by atoms with van der Waals surface area (Å²) < 4.78 is 28.0. The summed E-state index contributed by atoms with van der Waals surface area (Å²) in [7, 11) is 1.81. The molecule has 2 N–H and O–H groups in total. The molecule has 0 spiro atoms. The lowest BCUT2D eigenvalue weighted by molar-refractivity contribution is 0.509. The van der Waals surface area contributed by atoms with Gasteiger partial charge in [0.1, 0.15) is 5.82 Å². The zero-order chi connectivity index (χ0) is 13.6. The van der Waals surface area contributed by atoms with Crippen LogP contribution >= 0.6 is 0 Å². The summed E-state index contributed by atoms with van der Waals surface area (Å²) in [5, 5.41) is 0. The van der Waals surface area contributed by atoms with Crippen molar-refractivity contribution < 1.29 is 8.78 Å². The standard InChI is InChI=1S/C14H11F2N3/c1-19-13-7-9(17)3-5-12(13)18-14(19)8-2-4-10(15)11(16)6-8/h2-7H,17H2,1H3. The van der Waals surface area contributed by atoms with Crippen molar-refractivity contribution in [1.82, 2.24) is 9.55 Å². The third-order valence-electron chi connectivity index (χ3n) is 3.08. The minimum absolute atomic E-state index is 0.524. The first-order chi connectivity index (χ1) is 9.06. The van der Waals surface area contributed by atoms with E-state index in [1.54, 1.807) is 22.8 Å². The Kier molecular flexibility index (Phi) is 2.48. The van der Waals surface area contributed by atoms with Crippen LogP contribution in [0.4, 0.5) is 14.5 Å². The molecule has 1 aromatic heterocycles. The van der Waals surface area contributed by atoms with Crippen molar-refractivity contribution in [2.24, 2.45) is 7.05 Å². The average Bonchev–Trinajstić information content (AvgIpc) is 2.70. The lowest BCUT2D eigenvalue weighted by atomic mass is 10.2. The van der Waals surface area contributed by atoms with Crippen LogP contribution in [0.15, 0.2) is 36.4 Å². The number of imidazole rings is 1. The number of nitrogens with two attached hydrogens (primary N) is 1. The molecule has 3 nitrogen and oxygen atoms in total. The number of halogens is 2. The number of nitrogens with zero attached hydrogens (tertiary/aromatic N) is 2. The fourth-order valence-corrected chi connectivity index (χ4v) is 2.10. The number of aryl methyl sites for hydroxylation is 1. The molecule has 5 heteroatoms. The van der Waals surface area contributed by atoms with Crippen molar-refractivity contribution in [1.29, 1.82) is 0 Å². The van der Waals surface area contributed by atoms with E-state index < -0.39 is 11.6 Å². The largest absolute Gasteiger partial charge is 0.399 e. The molecule has 3 rings (SSSR count). The van der Waals surface area contributed by atoms with Gasteiger partial charge in [0.05, 0.1) is 11.0 Å². The van der Waals surface area contributed by atoms with Crippen LogP contribution in [0.1, 0.15) is 0 Å². The average molecular weight is 259 g/mol. The van der Waals surface area contributed by atoms with E-state index in [1.165, 1.54) is 6.07 Å². The Bertz CT molecular complexity index is 778. The number of nitrogen functional groups attached to an aromatic ring is 1. The number of rotatable bonds is 1. The molecule has 0 bridgehead atoms. The summed E-state index contributed by atoms with van der Waals surface area (Å²) in [6, 6.07) is 9.09. The highest BCUT2D eigenvalue weighted by atomic mass is 19.2. The Morgan fingerprint density at radius 3 is 2.58 bits per heavy atom. The molecule has 0 unspecified atom stereocenters. The summed E-state index contributed by atoms with van der Waals surface area (Å²) in [6.07, 6.45) is 0. The molecule has 0 aliphatic rings. The molecule has 1 heterocycles. The van der Waals surface area contributed by atoms with Gasteiger partial charge in [0, 0.05) is 18.3 Å². The van der Waals surface area contributed by atoms with Crippen molar-refractivity contribution in [3.63, 3.8) is 0 Å². The van der Waals surface area contributed by atoms with Crippen LogP contribution in [0.5, 0.6) is 0 Å². The first kappa shape index (κ1) is 11.6. The normalized spacial score (nSPS) is 11.1. The second-order valence-electron chi connectivity index (χ2n) is 4.37. The molecule has 2 aromatic carbocycles. The van der Waals surface area contributed by atoms with Gasteiger partial charge in [-0.05, 0) is 36.4 Å². The number of hydrogen-bond acceptors (Lipinski definition) is 2. The highest BCUT2D eigenvalue weighted by Crippen LogP contribution is 2.26. The van der Waals surface area contributed by atoms with Crippen LogP contribution in [0.2, 0.25) is 0 Å². The molecule has 19 heavy (non-hydrogen) atoms. The number of anilines is 1. The summed E-state index contributed by atoms with van der Waals surface area (Å²) >= 11 is 0. The minimum Gasteiger partial charge on any atom is -0.399 e. The van der Waals surface area contributed by atoms with Crippen LogP contribution < -0.4 is 5.73 Å². The van der Waals surface area contributed by atoms with Crippen LogP contribution in [-0.4, -0.2) is 9.55 Å². The first-order valence-electron chi connectivity index (χ1n) is 5.73.